The molecule has 0 N–H and O–H groups in total. The number of hydrogen-bond donors (Lipinski definition) is 0. The van der Waals surface area contributed by atoms with Gasteiger partial charge in [-0.1, -0.05) is 41.5 Å². The quantitative estimate of drug-likeness (QED) is 0.550. The lowest BCUT2D eigenvalue weighted by Crippen LogP contribution is -2.35. The van der Waals surface area contributed by atoms with Gasteiger partial charge < -0.3 is 0 Å². The molecule has 1 fully saturated rings. The van der Waals surface area contributed by atoms with Gasteiger partial charge in [-0.2, -0.15) is 13.2 Å². The summed E-state index contributed by atoms with van der Waals surface area (Å²) in [5.74, 6) is 0.714. The Morgan fingerprint density at radius 3 is 1.75 bits per heavy atom. The minimum absolute atomic E-state index is 0.101. The molecule has 1 saturated carbocycles. The van der Waals surface area contributed by atoms with Gasteiger partial charge in [0.25, 0.3) is 0 Å². The predicted octanol–water partition coefficient (Wildman–Crippen LogP) is 6.60. The summed E-state index contributed by atoms with van der Waals surface area (Å²) in [6.45, 7) is 11.7. The van der Waals surface area contributed by atoms with Crippen molar-refractivity contribution in [1.29, 1.82) is 0 Å². The van der Waals surface area contributed by atoms with E-state index in [4.69, 9.17) is 0 Å². The Morgan fingerprint density at radius 2 is 1.40 bits per heavy atom. The Bertz CT molecular complexity index is 312. The van der Waals surface area contributed by atoms with Crippen molar-refractivity contribution < 1.29 is 13.2 Å². The lowest BCUT2D eigenvalue weighted by Gasteiger charge is -2.43. The molecule has 0 atom stereocenters. The maximum atomic E-state index is 12.9. The van der Waals surface area contributed by atoms with Crippen molar-refractivity contribution in [2.45, 2.75) is 86.2 Å². The first-order valence-electron chi connectivity index (χ1n) is 7.84. The van der Waals surface area contributed by atoms with Gasteiger partial charge in [-0.05, 0) is 55.3 Å². The maximum absolute atomic E-state index is 12.9. The molecule has 0 unspecified atom stereocenters. The predicted molar refractivity (Wildman–Crippen MR) is 78.6 cm³/mol. The largest absolute Gasteiger partial charge is 0.393 e. The van der Waals surface area contributed by atoms with Crippen molar-refractivity contribution in [1.82, 2.24) is 0 Å². The molecule has 0 amide bonds. The molecule has 1 rings (SSSR count). The van der Waals surface area contributed by atoms with Crippen LogP contribution in [0.4, 0.5) is 13.2 Å². The maximum Gasteiger partial charge on any atom is 0.393 e. The third kappa shape index (κ3) is 4.39. The van der Waals surface area contributed by atoms with E-state index in [1.807, 2.05) is 0 Å². The molecule has 0 radical (unpaired) electrons. The highest BCUT2D eigenvalue weighted by atomic mass is 19.4. The van der Waals surface area contributed by atoms with Gasteiger partial charge in [0.05, 0.1) is 5.41 Å². The van der Waals surface area contributed by atoms with E-state index in [0.717, 1.165) is 25.7 Å². The molecule has 0 heterocycles. The van der Waals surface area contributed by atoms with Crippen molar-refractivity contribution in [2.24, 2.45) is 22.2 Å². The Labute approximate surface area is 122 Å². The van der Waals surface area contributed by atoms with Crippen molar-refractivity contribution in [3.8, 4) is 0 Å². The summed E-state index contributed by atoms with van der Waals surface area (Å²) in [5.41, 5.74) is -1.13. The van der Waals surface area contributed by atoms with Crippen LogP contribution in [-0.4, -0.2) is 6.18 Å². The van der Waals surface area contributed by atoms with Crippen LogP contribution >= 0.6 is 0 Å². The van der Waals surface area contributed by atoms with E-state index in [0.29, 0.717) is 17.8 Å². The molecular formula is C17H31F3. The van der Waals surface area contributed by atoms with E-state index in [2.05, 4.69) is 27.7 Å². The highest BCUT2D eigenvalue weighted by Gasteiger charge is 2.48. The smallest absolute Gasteiger partial charge is 0.171 e. The van der Waals surface area contributed by atoms with Crippen LogP contribution in [0.1, 0.15) is 80.1 Å². The van der Waals surface area contributed by atoms with Crippen LogP contribution in [0, 0.1) is 22.2 Å². The van der Waals surface area contributed by atoms with Gasteiger partial charge in [-0.3, -0.25) is 0 Å². The Balaban J connectivity index is 2.54. The molecule has 0 aromatic rings. The third-order valence-electron chi connectivity index (χ3n) is 5.54. The van der Waals surface area contributed by atoms with E-state index >= 15 is 0 Å². The lowest BCUT2D eigenvalue weighted by molar-refractivity contribution is -0.215. The molecule has 0 aromatic carbocycles. The molecule has 1 aliphatic rings. The van der Waals surface area contributed by atoms with E-state index in [-0.39, 0.29) is 11.8 Å². The molecule has 0 nitrogen and oxygen atoms in total. The zero-order valence-corrected chi connectivity index (χ0v) is 14.0. The van der Waals surface area contributed by atoms with Gasteiger partial charge in [-0.25, -0.2) is 0 Å². The number of alkyl halides is 3. The van der Waals surface area contributed by atoms with Crippen molar-refractivity contribution in [2.75, 3.05) is 0 Å². The van der Waals surface area contributed by atoms with Gasteiger partial charge in [0, 0.05) is 0 Å². The first kappa shape index (κ1) is 17.8. The molecule has 0 aromatic heterocycles. The van der Waals surface area contributed by atoms with Crippen molar-refractivity contribution in [3.63, 3.8) is 0 Å². The van der Waals surface area contributed by atoms with Crippen LogP contribution in [0.5, 0.6) is 0 Å². The second-order valence-corrected chi connectivity index (χ2v) is 8.83. The summed E-state index contributed by atoms with van der Waals surface area (Å²) in [4.78, 5) is 0. The molecule has 20 heavy (non-hydrogen) atoms. The molecule has 3 heteroatoms. The summed E-state index contributed by atoms with van der Waals surface area (Å²) in [6.07, 6.45) is 1.31. The summed E-state index contributed by atoms with van der Waals surface area (Å²) in [5, 5.41) is 0. The fourth-order valence-electron chi connectivity index (χ4n) is 3.19. The van der Waals surface area contributed by atoms with Gasteiger partial charge in [0.15, 0.2) is 0 Å². The van der Waals surface area contributed by atoms with Crippen molar-refractivity contribution in [3.05, 3.63) is 0 Å². The highest BCUT2D eigenvalue weighted by Crippen LogP contribution is 2.50. The molecule has 0 spiro atoms. The minimum Gasteiger partial charge on any atom is -0.171 e. The summed E-state index contributed by atoms with van der Waals surface area (Å²) in [7, 11) is 0. The van der Waals surface area contributed by atoms with Gasteiger partial charge in [0.2, 0.25) is 0 Å². The highest BCUT2D eigenvalue weighted by molar-refractivity contribution is 4.88. The van der Waals surface area contributed by atoms with Crippen LogP contribution in [0.25, 0.3) is 0 Å². The monoisotopic (exact) mass is 292 g/mol. The molecule has 0 bridgehead atoms. The first-order chi connectivity index (χ1) is 8.77. The molecular weight excluding hydrogens is 261 g/mol. The third-order valence-corrected chi connectivity index (χ3v) is 5.54. The Kier molecular flexibility index (Phi) is 4.93. The number of halogens is 3. The Morgan fingerprint density at radius 1 is 0.950 bits per heavy atom. The summed E-state index contributed by atoms with van der Waals surface area (Å²) >= 11 is 0. The first-order valence-corrected chi connectivity index (χ1v) is 7.84. The second-order valence-electron chi connectivity index (χ2n) is 8.83. The topological polar surface area (TPSA) is 0 Å². The van der Waals surface area contributed by atoms with E-state index in [9.17, 15) is 13.2 Å². The standard InChI is InChI=1S/C17H31F3/c1-14(2,3)13-7-9-16(6,10-8-13)12-11-15(4,5)17(18,19)20/h13H,7-12H2,1-6H3. The van der Waals surface area contributed by atoms with E-state index < -0.39 is 11.6 Å². The summed E-state index contributed by atoms with van der Waals surface area (Å²) in [6, 6.07) is 0. The zero-order chi connectivity index (χ0) is 15.8. The SMILES string of the molecule is CC1(CCC(C)(C)C(F)(F)F)CCC(C(C)(C)C)CC1. The fourth-order valence-corrected chi connectivity index (χ4v) is 3.19. The molecule has 0 saturated heterocycles. The lowest BCUT2D eigenvalue weighted by atomic mass is 9.62. The van der Waals surface area contributed by atoms with Gasteiger partial charge >= 0.3 is 6.18 Å². The van der Waals surface area contributed by atoms with Crippen LogP contribution in [0.2, 0.25) is 0 Å². The van der Waals surface area contributed by atoms with E-state index in [1.165, 1.54) is 13.8 Å². The van der Waals surface area contributed by atoms with Crippen LogP contribution in [-0.2, 0) is 0 Å². The fraction of sp³-hybridized carbons (Fsp3) is 1.00. The average molecular weight is 292 g/mol. The number of hydrogen-bond acceptors (Lipinski definition) is 0. The zero-order valence-electron chi connectivity index (χ0n) is 14.0. The minimum atomic E-state index is -4.09. The van der Waals surface area contributed by atoms with Crippen LogP contribution in [0.15, 0.2) is 0 Å². The molecule has 1 aliphatic carbocycles. The van der Waals surface area contributed by atoms with Crippen molar-refractivity contribution >= 4 is 0 Å². The normalized spacial score (nSPS) is 29.6. The molecule has 120 valence electrons. The second kappa shape index (κ2) is 5.53. The van der Waals surface area contributed by atoms with Crippen LogP contribution < -0.4 is 0 Å². The van der Waals surface area contributed by atoms with Crippen LogP contribution in [0.3, 0.4) is 0 Å². The average Bonchev–Trinajstić information content (AvgIpc) is 2.24. The summed E-state index contributed by atoms with van der Waals surface area (Å²) < 4.78 is 38.8. The van der Waals surface area contributed by atoms with Gasteiger partial charge in [0.1, 0.15) is 0 Å². The number of rotatable bonds is 3. The Hall–Kier alpha value is -0.210. The molecule has 0 aliphatic heterocycles. The van der Waals surface area contributed by atoms with E-state index in [1.54, 1.807) is 0 Å². The van der Waals surface area contributed by atoms with Gasteiger partial charge in [-0.15, -0.1) is 0 Å².